The highest BCUT2D eigenvalue weighted by Gasteiger charge is 2.37. The number of esters is 1. The molecular weight excluding hydrogens is 215 g/mol. The molecule has 0 bridgehead atoms. The predicted octanol–water partition coefficient (Wildman–Crippen LogP) is 1.59. The highest BCUT2D eigenvalue weighted by Crippen LogP contribution is 2.31. The molecule has 1 aromatic rings. The molecule has 0 unspecified atom stereocenters. The van der Waals surface area contributed by atoms with E-state index in [1.54, 1.807) is 0 Å². The fourth-order valence-corrected chi connectivity index (χ4v) is 0.945. The Morgan fingerprint density at radius 3 is 2.60 bits per heavy atom. The minimum atomic E-state index is -4.77. The molecule has 1 rings (SSSR count). The standard InChI is InChI=1S/C8H6F3NO3/c1-15-7(14)5-2-4(13)3-12-6(5)8(9,10)11/h2-3,13H,1H3. The van der Waals surface area contributed by atoms with E-state index in [4.69, 9.17) is 5.11 Å². The minimum absolute atomic E-state index is 0.539. The summed E-state index contributed by atoms with van der Waals surface area (Å²) >= 11 is 0. The first-order chi connectivity index (χ1) is 6.86. The summed E-state index contributed by atoms with van der Waals surface area (Å²) in [6, 6.07) is 0.654. The quantitative estimate of drug-likeness (QED) is 0.731. The Morgan fingerprint density at radius 1 is 1.53 bits per heavy atom. The van der Waals surface area contributed by atoms with E-state index < -0.39 is 29.2 Å². The zero-order valence-corrected chi connectivity index (χ0v) is 7.50. The van der Waals surface area contributed by atoms with Crippen molar-refractivity contribution in [3.05, 3.63) is 23.5 Å². The molecule has 0 saturated heterocycles. The normalized spacial score (nSPS) is 11.2. The Labute approximate surface area is 82.3 Å². The molecule has 0 aliphatic heterocycles. The lowest BCUT2D eigenvalue weighted by Gasteiger charge is -2.09. The third-order valence-corrected chi connectivity index (χ3v) is 1.55. The van der Waals surface area contributed by atoms with Crippen LogP contribution in [0.25, 0.3) is 0 Å². The Hall–Kier alpha value is -1.79. The van der Waals surface area contributed by atoms with Crippen molar-refractivity contribution in [3.8, 4) is 5.75 Å². The third kappa shape index (κ3) is 2.36. The van der Waals surface area contributed by atoms with Crippen LogP contribution in [0.1, 0.15) is 16.1 Å². The lowest BCUT2D eigenvalue weighted by Crippen LogP contribution is -2.16. The summed E-state index contributed by atoms with van der Waals surface area (Å²) in [5.41, 5.74) is -2.20. The zero-order chi connectivity index (χ0) is 11.6. The van der Waals surface area contributed by atoms with Gasteiger partial charge in [0.15, 0.2) is 5.69 Å². The highest BCUT2D eigenvalue weighted by molar-refractivity contribution is 5.91. The second-order valence-corrected chi connectivity index (χ2v) is 2.58. The SMILES string of the molecule is COC(=O)c1cc(O)cnc1C(F)(F)F. The summed E-state index contributed by atoms with van der Waals surface area (Å²) in [4.78, 5) is 13.9. The average molecular weight is 221 g/mol. The van der Waals surface area contributed by atoms with Crippen molar-refractivity contribution in [2.75, 3.05) is 7.11 Å². The van der Waals surface area contributed by atoms with Crippen LogP contribution in [0, 0.1) is 0 Å². The number of pyridine rings is 1. The first-order valence-corrected chi connectivity index (χ1v) is 3.70. The molecule has 0 aromatic carbocycles. The molecule has 82 valence electrons. The van der Waals surface area contributed by atoms with Crippen LogP contribution in [-0.2, 0) is 10.9 Å². The first-order valence-electron chi connectivity index (χ1n) is 3.70. The van der Waals surface area contributed by atoms with E-state index in [0.29, 0.717) is 12.3 Å². The van der Waals surface area contributed by atoms with Crippen LogP contribution in [-0.4, -0.2) is 23.2 Å². The Morgan fingerprint density at radius 2 is 2.13 bits per heavy atom. The van der Waals surface area contributed by atoms with Crippen LogP contribution in [0.3, 0.4) is 0 Å². The van der Waals surface area contributed by atoms with Crippen LogP contribution in [0.4, 0.5) is 13.2 Å². The average Bonchev–Trinajstić information content (AvgIpc) is 2.14. The molecule has 0 atom stereocenters. The molecule has 1 N–H and O–H groups in total. The number of carbonyl (C=O) groups excluding carboxylic acids is 1. The number of methoxy groups -OCH3 is 1. The maximum absolute atomic E-state index is 12.3. The molecule has 0 radical (unpaired) electrons. The van der Waals surface area contributed by atoms with Crippen LogP contribution in [0.5, 0.6) is 5.75 Å². The van der Waals surface area contributed by atoms with Crippen LogP contribution >= 0.6 is 0 Å². The minimum Gasteiger partial charge on any atom is -0.506 e. The molecule has 0 spiro atoms. The predicted molar refractivity (Wildman–Crippen MR) is 42.2 cm³/mol. The van der Waals surface area contributed by atoms with Crippen molar-refractivity contribution >= 4 is 5.97 Å². The number of carbonyl (C=O) groups is 1. The molecular formula is C8H6F3NO3. The van der Waals surface area contributed by atoms with E-state index >= 15 is 0 Å². The fourth-order valence-electron chi connectivity index (χ4n) is 0.945. The maximum atomic E-state index is 12.3. The first kappa shape index (κ1) is 11.3. The molecule has 0 amide bonds. The van der Waals surface area contributed by atoms with Gasteiger partial charge in [-0.1, -0.05) is 0 Å². The highest BCUT2D eigenvalue weighted by atomic mass is 19.4. The molecule has 1 aromatic heterocycles. The third-order valence-electron chi connectivity index (χ3n) is 1.55. The number of ether oxygens (including phenoxy) is 1. The topological polar surface area (TPSA) is 59.4 Å². The molecule has 0 aliphatic rings. The van der Waals surface area contributed by atoms with E-state index in [-0.39, 0.29) is 0 Å². The molecule has 15 heavy (non-hydrogen) atoms. The van der Waals surface area contributed by atoms with E-state index in [9.17, 15) is 18.0 Å². The van der Waals surface area contributed by atoms with E-state index in [0.717, 1.165) is 7.11 Å². The van der Waals surface area contributed by atoms with Crippen molar-refractivity contribution in [2.24, 2.45) is 0 Å². The molecule has 1 heterocycles. The Kier molecular flexibility index (Phi) is 2.83. The summed E-state index contributed by atoms with van der Waals surface area (Å²) in [5.74, 6) is -1.74. The van der Waals surface area contributed by atoms with Gasteiger partial charge >= 0.3 is 12.1 Å². The molecule has 0 aliphatic carbocycles. The van der Waals surface area contributed by atoms with Crippen molar-refractivity contribution in [2.45, 2.75) is 6.18 Å². The van der Waals surface area contributed by atoms with Gasteiger partial charge in [-0.05, 0) is 6.07 Å². The van der Waals surface area contributed by atoms with Crippen molar-refractivity contribution < 1.29 is 27.8 Å². The summed E-state index contributed by atoms with van der Waals surface area (Å²) in [5, 5.41) is 8.91. The number of aromatic hydroxyl groups is 1. The number of hydrogen-bond acceptors (Lipinski definition) is 4. The van der Waals surface area contributed by atoms with Gasteiger partial charge < -0.3 is 9.84 Å². The van der Waals surface area contributed by atoms with Gasteiger partial charge in [0.1, 0.15) is 5.75 Å². The number of alkyl halides is 3. The zero-order valence-electron chi connectivity index (χ0n) is 7.50. The van der Waals surface area contributed by atoms with Gasteiger partial charge in [0.2, 0.25) is 0 Å². The van der Waals surface area contributed by atoms with Gasteiger partial charge in [-0.15, -0.1) is 0 Å². The van der Waals surface area contributed by atoms with Crippen molar-refractivity contribution in [1.29, 1.82) is 0 Å². The lowest BCUT2D eigenvalue weighted by molar-refractivity contribution is -0.141. The Balaban J connectivity index is 3.33. The Bertz CT molecular complexity index is 389. The molecule has 0 fully saturated rings. The monoisotopic (exact) mass is 221 g/mol. The van der Waals surface area contributed by atoms with Crippen LogP contribution in [0.2, 0.25) is 0 Å². The number of aromatic nitrogens is 1. The summed E-state index contributed by atoms with van der Waals surface area (Å²) < 4.78 is 41.1. The number of rotatable bonds is 1. The van der Waals surface area contributed by atoms with E-state index in [2.05, 4.69) is 9.72 Å². The molecule has 7 heteroatoms. The van der Waals surface area contributed by atoms with Crippen molar-refractivity contribution in [3.63, 3.8) is 0 Å². The maximum Gasteiger partial charge on any atom is 0.434 e. The number of nitrogens with zero attached hydrogens (tertiary/aromatic N) is 1. The van der Waals surface area contributed by atoms with Crippen LogP contribution in [0.15, 0.2) is 12.3 Å². The number of hydrogen-bond donors (Lipinski definition) is 1. The van der Waals surface area contributed by atoms with Gasteiger partial charge in [0.05, 0.1) is 18.9 Å². The van der Waals surface area contributed by atoms with E-state index in [1.807, 2.05) is 0 Å². The second-order valence-electron chi connectivity index (χ2n) is 2.58. The van der Waals surface area contributed by atoms with Gasteiger partial charge in [-0.2, -0.15) is 13.2 Å². The molecule has 0 saturated carbocycles. The summed E-state index contributed by atoms with van der Waals surface area (Å²) in [7, 11) is 0.937. The smallest absolute Gasteiger partial charge is 0.434 e. The fraction of sp³-hybridized carbons (Fsp3) is 0.250. The van der Waals surface area contributed by atoms with Crippen molar-refractivity contribution in [1.82, 2.24) is 4.98 Å². The summed E-state index contributed by atoms with van der Waals surface area (Å²) in [6.45, 7) is 0. The summed E-state index contributed by atoms with van der Waals surface area (Å²) in [6.07, 6.45) is -4.16. The van der Waals surface area contributed by atoms with Gasteiger partial charge in [0.25, 0.3) is 0 Å². The van der Waals surface area contributed by atoms with E-state index in [1.165, 1.54) is 0 Å². The lowest BCUT2D eigenvalue weighted by atomic mass is 10.2. The van der Waals surface area contributed by atoms with Gasteiger partial charge in [0, 0.05) is 0 Å². The largest absolute Gasteiger partial charge is 0.506 e. The van der Waals surface area contributed by atoms with Gasteiger partial charge in [-0.3, -0.25) is 0 Å². The second kappa shape index (κ2) is 3.76. The van der Waals surface area contributed by atoms with Crippen LogP contribution < -0.4 is 0 Å². The van der Waals surface area contributed by atoms with Gasteiger partial charge in [-0.25, -0.2) is 9.78 Å². The number of halogens is 3. The molecule has 4 nitrogen and oxygen atoms in total.